The average molecular weight is 457 g/mol. The third-order valence-corrected chi connectivity index (χ3v) is 5.91. The molecule has 1 heterocycles. The Morgan fingerprint density at radius 1 is 1.13 bits per heavy atom. The summed E-state index contributed by atoms with van der Waals surface area (Å²) in [6.45, 7) is 0. The lowest BCUT2D eigenvalue weighted by Crippen LogP contribution is -2.11. The van der Waals surface area contributed by atoms with Gasteiger partial charge in [0.05, 0.1) is 33.1 Å². The molecule has 0 aliphatic carbocycles. The fourth-order valence-corrected chi connectivity index (χ4v) is 4.15. The minimum Gasteiger partial charge on any atom is -0.493 e. The van der Waals surface area contributed by atoms with Crippen LogP contribution < -0.4 is 14.2 Å². The highest BCUT2D eigenvalue weighted by molar-refractivity contribution is 7.10. The predicted molar refractivity (Wildman–Crippen MR) is 120 cm³/mol. The van der Waals surface area contributed by atoms with Crippen LogP contribution in [-0.4, -0.2) is 32.1 Å². The number of rotatable bonds is 9. The Labute approximate surface area is 190 Å². The van der Waals surface area contributed by atoms with Gasteiger partial charge in [-0.25, -0.2) is 4.98 Å². The van der Waals surface area contributed by atoms with Crippen molar-refractivity contribution in [2.75, 3.05) is 21.3 Å². The zero-order chi connectivity index (χ0) is 22.4. The molecule has 0 aliphatic heterocycles. The van der Waals surface area contributed by atoms with Crippen LogP contribution >= 0.6 is 22.9 Å². The van der Waals surface area contributed by atoms with Crippen molar-refractivity contribution in [3.05, 3.63) is 57.4 Å². The molecule has 0 amide bonds. The van der Waals surface area contributed by atoms with E-state index >= 15 is 0 Å². The first-order valence-electron chi connectivity index (χ1n) is 9.43. The Kier molecular flexibility index (Phi) is 7.50. The van der Waals surface area contributed by atoms with Gasteiger partial charge in [0, 0.05) is 22.4 Å². The normalized spacial score (nSPS) is 11.5. The number of methoxy groups -OCH3 is 3. The number of aryl methyl sites for hydroxylation is 1. The molecule has 0 bridgehead atoms. The number of ether oxygens (including phenoxy) is 3. The Morgan fingerprint density at radius 3 is 2.32 bits per heavy atom. The average Bonchev–Trinajstić information content (AvgIpc) is 3.27. The molecule has 0 radical (unpaired) electrons. The number of ketones is 1. The van der Waals surface area contributed by atoms with Gasteiger partial charge in [-0.15, -0.1) is 11.3 Å². The lowest BCUT2D eigenvalue weighted by molar-refractivity contribution is -0.119. The zero-order valence-corrected chi connectivity index (χ0v) is 18.9. The molecule has 8 heteroatoms. The summed E-state index contributed by atoms with van der Waals surface area (Å²) in [5, 5.41) is 12.6. The Bertz CT molecular complexity index is 1080. The van der Waals surface area contributed by atoms with E-state index in [0.29, 0.717) is 39.4 Å². The third-order valence-electron chi connectivity index (χ3n) is 4.74. The van der Waals surface area contributed by atoms with Crippen molar-refractivity contribution in [3.63, 3.8) is 0 Å². The Balaban J connectivity index is 1.74. The van der Waals surface area contributed by atoms with E-state index in [1.807, 2.05) is 17.5 Å². The highest BCUT2D eigenvalue weighted by Crippen LogP contribution is 2.38. The van der Waals surface area contributed by atoms with Crippen LogP contribution in [-0.2, 0) is 11.2 Å². The van der Waals surface area contributed by atoms with Gasteiger partial charge in [-0.05, 0) is 36.2 Å². The predicted octanol–water partition coefficient (Wildman–Crippen LogP) is 5.30. The third kappa shape index (κ3) is 5.16. The number of nitriles is 1. The quantitative estimate of drug-likeness (QED) is 0.434. The highest BCUT2D eigenvalue weighted by atomic mass is 35.5. The number of thiazole rings is 1. The number of aromatic nitrogens is 1. The molecule has 31 heavy (non-hydrogen) atoms. The fourth-order valence-electron chi connectivity index (χ4n) is 3.13. The van der Waals surface area contributed by atoms with Gasteiger partial charge in [0.15, 0.2) is 23.2 Å². The fraction of sp³-hybridized carbons (Fsp3) is 0.261. The highest BCUT2D eigenvalue weighted by Gasteiger charge is 2.24. The van der Waals surface area contributed by atoms with Crippen LogP contribution in [0.15, 0.2) is 41.8 Å². The van der Waals surface area contributed by atoms with Gasteiger partial charge < -0.3 is 14.2 Å². The first-order chi connectivity index (χ1) is 15.0. The van der Waals surface area contributed by atoms with Crippen molar-refractivity contribution in [2.24, 2.45) is 0 Å². The molecule has 160 valence electrons. The van der Waals surface area contributed by atoms with Crippen molar-refractivity contribution in [1.82, 2.24) is 4.98 Å². The molecule has 0 saturated carbocycles. The standard InChI is InChI=1S/C23H21ClN2O4S/c1-28-20-10-14(11-21(29-2)22(20)30-3)4-9-19(27)17(12-25)23-26-18(13-31-23)15-5-7-16(24)8-6-15/h5-8,10-11,13,17H,4,9H2,1-3H3. The molecular weight excluding hydrogens is 436 g/mol. The van der Waals surface area contributed by atoms with Crippen LogP contribution in [0.2, 0.25) is 5.02 Å². The van der Waals surface area contributed by atoms with Gasteiger partial charge in [-0.1, -0.05) is 23.7 Å². The van der Waals surface area contributed by atoms with E-state index in [-0.39, 0.29) is 12.2 Å². The Hall–Kier alpha value is -3.08. The number of Topliss-reactive ketones (excluding diaryl/α,β-unsaturated/α-hetero) is 1. The van der Waals surface area contributed by atoms with Crippen LogP contribution in [0.25, 0.3) is 11.3 Å². The van der Waals surface area contributed by atoms with E-state index in [1.165, 1.54) is 18.4 Å². The van der Waals surface area contributed by atoms with E-state index in [2.05, 4.69) is 11.1 Å². The number of hydrogen-bond acceptors (Lipinski definition) is 7. The number of nitrogens with zero attached hydrogens (tertiary/aromatic N) is 2. The van der Waals surface area contributed by atoms with Gasteiger partial charge in [0.2, 0.25) is 5.75 Å². The van der Waals surface area contributed by atoms with Crippen molar-refractivity contribution >= 4 is 28.7 Å². The topological polar surface area (TPSA) is 81.4 Å². The van der Waals surface area contributed by atoms with Crippen molar-refractivity contribution in [1.29, 1.82) is 5.26 Å². The summed E-state index contributed by atoms with van der Waals surface area (Å²) in [5.74, 6) is 0.441. The molecule has 0 spiro atoms. The first-order valence-corrected chi connectivity index (χ1v) is 10.7. The molecule has 1 unspecified atom stereocenters. The van der Waals surface area contributed by atoms with Gasteiger partial charge in [0.25, 0.3) is 0 Å². The second-order valence-corrected chi connectivity index (χ2v) is 7.97. The van der Waals surface area contributed by atoms with Gasteiger partial charge in [0.1, 0.15) is 5.01 Å². The SMILES string of the molecule is COc1cc(CCC(=O)C(C#N)c2nc(-c3ccc(Cl)cc3)cs2)cc(OC)c1OC. The largest absolute Gasteiger partial charge is 0.493 e. The van der Waals surface area contributed by atoms with Gasteiger partial charge in [-0.3, -0.25) is 4.79 Å². The summed E-state index contributed by atoms with van der Waals surface area (Å²) in [6.07, 6.45) is 0.621. The molecule has 1 atom stereocenters. The monoisotopic (exact) mass is 456 g/mol. The summed E-state index contributed by atoms with van der Waals surface area (Å²) in [6, 6.07) is 13.0. The first kappa shape index (κ1) is 22.6. The molecular formula is C23H21ClN2O4S. The molecule has 0 aliphatic rings. The minimum atomic E-state index is -0.909. The van der Waals surface area contributed by atoms with Crippen molar-refractivity contribution in [3.8, 4) is 34.6 Å². The lowest BCUT2D eigenvalue weighted by Gasteiger charge is -2.14. The van der Waals surface area contributed by atoms with Crippen LogP contribution in [0.4, 0.5) is 0 Å². The molecule has 3 aromatic rings. The molecule has 6 nitrogen and oxygen atoms in total. The van der Waals surface area contributed by atoms with Crippen LogP contribution in [0.1, 0.15) is 22.9 Å². The van der Waals surface area contributed by atoms with E-state index in [0.717, 1.165) is 11.1 Å². The molecule has 0 saturated heterocycles. The van der Waals surface area contributed by atoms with Gasteiger partial charge in [-0.2, -0.15) is 5.26 Å². The van der Waals surface area contributed by atoms with Crippen LogP contribution in [0.3, 0.4) is 0 Å². The second-order valence-electron chi connectivity index (χ2n) is 6.64. The van der Waals surface area contributed by atoms with E-state index in [1.54, 1.807) is 38.5 Å². The van der Waals surface area contributed by atoms with Crippen LogP contribution in [0, 0.1) is 11.3 Å². The molecule has 0 N–H and O–H groups in total. The maximum atomic E-state index is 12.8. The number of hydrogen-bond donors (Lipinski definition) is 0. The summed E-state index contributed by atoms with van der Waals surface area (Å²) < 4.78 is 16.0. The van der Waals surface area contributed by atoms with E-state index in [4.69, 9.17) is 25.8 Å². The maximum absolute atomic E-state index is 12.8. The number of carbonyl (C=O) groups excluding carboxylic acids is 1. The molecule has 1 aromatic heterocycles. The van der Waals surface area contributed by atoms with Crippen molar-refractivity contribution < 1.29 is 19.0 Å². The van der Waals surface area contributed by atoms with E-state index < -0.39 is 5.92 Å². The summed E-state index contributed by atoms with van der Waals surface area (Å²) >= 11 is 7.24. The lowest BCUT2D eigenvalue weighted by atomic mass is 9.99. The molecule has 0 fully saturated rings. The van der Waals surface area contributed by atoms with E-state index in [9.17, 15) is 10.1 Å². The summed E-state index contributed by atoms with van der Waals surface area (Å²) in [4.78, 5) is 17.3. The maximum Gasteiger partial charge on any atom is 0.203 e. The Morgan fingerprint density at radius 2 is 1.77 bits per heavy atom. The summed E-state index contributed by atoms with van der Waals surface area (Å²) in [5.41, 5.74) is 2.45. The van der Waals surface area contributed by atoms with Gasteiger partial charge >= 0.3 is 0 Å². The number of halogens is 1. The molecule has 3 rings (SSSR count). The molecule has 2 aromatic carbocycles. The number of benzene rings is 2. The smallest absolute Gasteiger partial charge is 0.203 e. The second kappa shape index (κ2) is 10.3. The summed E-state index contributed by atoms with van der Waals surface area (Å²) in [7, 11) is 4.62. The van der Waals surface area contributed by atoms with Crippen LogP contribution in [0.5, 0.6) is 17.2 Å². The van der Waals surface area contributed by atoms with Crippen molar-refractivity contribution in [2.45, 2.75) is 18.8 Å². The number of carbonyl (C=O) groups is 1. The zero-order valence-electron chi connectivity index (χ0n) is 17.3. The minimum absolute atomic E-state index is 0.187.